The van der Waals surface area contributed by atoms with Gasteiger partial charge >= 0.3 is 6.03 Å². The Balaban J connectivity index is 1.53. The molecule has 8 heteroatoms. The fraction of sp³-hybridized carbons (Fsp3) is 0.133. The van der Waals surface area contributed by atoms with Crippen molar-refractivity contribution in [3.63, 3.8) is 0 Å². The molecule has 3 heterocycles. The summed E-state index contributed by atoms with van der Waals surface area (Å²) >= 11 is 6.46. The number of para-hydroxylation sites is 1. The first-order valence-electron chi connectivity index (χ1n) is 12.3. The van der Waals surface area contributed by atoms with Gasteiger partial charge in [-0.1, -0.05) is 48.0 Å². The molecule has 190 valence electrons. The Morgan fingerprint density at radius 3 is 2.50 bits per heavy atom. The lowest BCUT2D eigenvalue weighted by Gasteiger charge is -2.31. The van der Waals surface area contributed by atoms with Gasteiger partial charge in [0.25, 0.3) is 0 Å². The molecule has 0 unspecified atom stereocenters. The van der Waals surface area contributed by atoms with Crippen LogP contribution in [-0.4, -0.2) is 25.3 Å². The first-order valence-corrected chi connectivity index (χ1v) is 12.7. The number of hydrogen-bond acceptors (Lipinski definition) is 2. The molecule has 0 radical (unpaired) electrons. The van der Waals surface area contributed by atoms with E-state index in [4.69, 9.17) is 16.7 Å². The van der Waals surface area contributed by atoms with Crippen molar-refractivity contribution < 1.29 is 9.18 Å². The molecular weight excluding hydrogens is 501 g/mol. The van der Waals surface area contributed by atoms with Crippen LogP contribution in [0.2, 0.25) is 5.02 Å². The Morgan fingerprint density at radius 1 is 1.00 bits per heavy atom. The third-order valence-corrected chi connectivity index (χ3v) is 7.21. The van der Waals surface area contributed by atoms with Gasteiger partial charge in [-0.15, -0.1) is 0 Å². The molecule has 1 atom stereocenters. The second kappa shape index (κ2) is 9.50. The summed E-state index contributed by atoms with van der Waals surface area (Å²) in [5, 5.41) is 8.32. The minimum atomic E-state index is -0.495. The summed E-state index contributed by atoms with van der Waals surface area (Å²) in [6.07, 6.45) is 1.98. The minimum Gasteiger partial charge on any atom is -0.307 e. The lowest BCUT2D eigenvalue weighted by Crippen LogP contribution is -2.38. The molecule has 5 aromatic rings. The molecule has 38 heavy (non-hydrogen) atoms. The first-order chi connectivity index (χ1) is 18.4. The summed E-state index contributed by atoms with van der Waals surface area (Å²) in [5.41, 5.74) is 5.82. The van der Waals surface area contributed by atoms with E-state index in [1.54, 1.807) is 23.1 Å². The van der Waals surface area contributed by atoms with E-state index in [-0.39, 0.29) is 18.4 Å². The van der Waals surface area contributed by atoms with Crippen molar-refractivity contribution in [2.24, 2.45) is 0 Å². The third kappa shape index (κ3) is 4.15. The highest BCUT2D eigenvalue weighted by Crippen LogP contribution is 2.39. The van der Waals surface area contributed by atoms with Crippen molar-refractivity contribution in [1.82, 2.24) is 19.2 Å². The molecule has 6 rings (SSSR count). The van der Waals surface area contributed by atoms with E-state index in [1.165, 1.54) is 12.1 Å². The van der Waals surface area contributed by atoms with E-state index >= 15 is 0 Å². The molecule has 0 saturated heterocycles. The summed E-state index contributed by atoms with van der Waals surface area (Å²) in [4.78, 5) is 15.7. The number of halogens is 2. The van der Waals surface area contributed by atoms with E-state index < -0.39 is 6.04 Å². The molecule has 2 aromatic heterocycles. The number of rotatable bonds is 3. The number of nitrogens with zero attached hydrogens (tertiary/aromatic N) is 4. The van der Waals surface area contributed by atoms with Crippen LogP contribution in [0, 0.1) is 19.7 Å². The average molecular weight is 526 g/mol. The molecule has 0 aliphatic carbocycles. The van der Waals surface area contributed by atoms with Gasteiger partial charge in [0, 0.05) is 11.8 Å². The highest BCUT2D eigenvalue weighted by Gasteiger charge is 2.36. The number of amides is 2. The van der Waals surface area contributed by atoms with Crippen molar-refractivity contribution in [3.05, 3.63) is 130 Å². The number of fused-ring (bicyclic) bond motifs is 3. The van der Waals surface area contributed by atoms with E-state index in [0.717, 1.165) is 39.6 Å². The van der Waals surface area contributed by atoms with Gasteiger partial charge in [0.15, 0.2) is 0 Å². The van der Waals surface area contributed by atoms with Gasteiger partial charge in [-0.2, -0.15) is 5.10 Å². The van der Waals surface area contributed by atoms with Crippen molar-refractivity contribution in [2.45, 2.75) is 26.4 Å². The Bertz CT molecular complexity index is 1640. The molecule has 3 aromatic carbocycles. The number of aromatic nitrogens is 3. The topological polar surface area (TPSA) is 55.1 Å². The van der Waals surface area contributed by atoms with Crippen molar-refractivity contribution in [2.75, 3.05) is 5.32 Å². The van der Waals surface area contributed by atoms with Crippen LogP contribution >= 0.6 is 11.6 Å². The molecule has 0 saturated carbocycles. The predicted octanol–water partition coefficient (Wildman–Crippen LogP) is 7.21. The van der Waals surface area contributed by atoms with Gasteiger partial charge in [-0.05, 0) is 73.5 Å². The van der Waals surface area contributed by atoms with Crippen LogP contribution in [0.15, 0.2) is 91.1 Å². The molecule has 1 aliphatic heterocycles. The van der Waals surface area contributed by atoms with E-state index in [1.807, 2.05) is 79.3 Å². The number of hydrogen-bond donors (Lipinski definition) is 1. The number of benzene rings is 3. The quantitative estimate of drug-likeness (QED) is 0.270. The maximum atomic E-state index is 14.0. The Hall–Kier alpha value is -4.36. The number of carbonyl (C=O) groups excluding carboxylic acids is 1. The Morgan fingerprint density at radius 2 is 1.76 bits per heavy atom. The maximum Gasteiger partial charge on any atom is 0.323 e. The van der Waals surface area contributed by atoms with Gasteiger partial charge in [0.1, 0.15) is 11.6 Å². The van der Waals surface area contributed by atoms with Crippen LogP contribution in [0.25, 0.3) is 11.5 Å². The summed E-state index contributed by atoms with van der Waals surface area (Å²) in [5.74, 6) is 0.531. The number of anilines is 1. The van der Waals surface area contributed by atoms with Crippen LogP contribution in [0.3, 0.4) is 0 Å². The summed E-state index contributed by atoms with van der Waals surface area (Å²) < 4.78 is 17.9. The van der Waals surface area contributed by atoms with Crippen LogP contribution < -0.4 is 5.32 Å². The van der Waals surface area contributed by atoms with Gasteiger partial charge in [-0.25, -0.2) is 13.9 Å². The SMILES string of the molecule is Cc1ccc(NC(=O)N2Cc3c(C)nn(-c4ccccc4)c3-n3cccc3[C@@H]2c2ccc(F)cc2)c(Cl)c1. The van der Waals surface area contributed by atoms with Gasteiger partial charge < -0.3 is 14.8 Å². The van der Waals surface area contributed by atoms with Gasteiger partial charge in [0.2, 0.25) is 0 Å². The maximum absolute atomic E-state index is 14.0. The van der Waals surface area contributed by atoms with Crippen LogP contribution in [0.1, 0.15) is 34.1 Å². The van der Waals surface area contributed by atoms with Crippen LogP contribution in [0.4, 0.5) is 14.9 Å². The summed E-state index contributed by atoms with van der Waals surface area (Å²) in [6.45, 7) is 4.18. The predicted molar refractivity (Wildman–Crippen MR) is 147 cm³/mol. The number of aryl methyl sites for hydroxylation is 2. The van der Waals surface area contributed by atoms with Gasteiger partial charge in [0.05, 0.1) is 40.4 Å². The van der Waals surface area contributed by atoms with E-state index in [0.29, 0.717) is 10.7 Å². The standard InChI is InChI=1S/C30H25ClFN5O/c1-19-10-15-26(25(31)17-19)33-30(38)36-18-24-20(2)34-37(23-7-4-3-5-8-23)29(24)35-16-6-9-27(35)28(36)21-11-13-22(32)14-12-21/h3-17,28H,18H2,1-2H3,(H,33,38)/t28-/m0/s1. The smallest absolute Gasteiger partial charge is 0.307 e. The van der Waals surface area contributed by atoms with E-state index in [2.05, 4.69) is 9.88 Å². The first kappa shape index (κ1) is 24.0. The van der Waals surface area contributed by atoms with Crippen molar-refractivity contribution in [1.29, 1.82) is 0 Å². The Labute approximate surface area is 224 Å². The second-order valence-electron chi connectivity index (χ2n) is 9.43. The monoisotopic (exact) mass is 525 g/mol. The zero-order chi connectivity index (χ0) is 26.4. The molecular formula is C30H25ClFN5O. The molecule has 0 spiro atoms. The van der Waals surface area contributed by atoms with Crippen molar-refractivity contribution >= 4 is 23.3 Å². The largest absolute Gasteiger partial charge is 0.323 e. The summed E-state index contributed by atoms with van der Waals surface area (Å²) in [6, 6.07) is 24.8. The second-order valence-corrected chi connectivity index (χ2v) is 9.84. The summed E-state index contributed by atoms with van der Waals surface area (Å²) in [7, 11) is 0. The average Bonchev–Trinajstić information content (AvgIpc) is 3.47. The van der Waals surface area contributed by atoms with Gasteiger partial charge in [-0.3, -0.25) is 0 Å². The highest BCUT2D eigenvalue weighted by atomic mass is 35.5. The van der Waals surface area contributed by atoms with Crippen molar-refractivity contribution in [3.8, 4) is 11.5 Å². The minimum absolute atomic E-state index is 0.285. The third-order valence-electron chi connectivity index (χ3n) is 6.90. The Kier molecular flexibility index (Phi) is 6.00. The normalized spacial score (nSPS) is 14.5. The molecule has 0 fully saturated rings. The fourth-order valence-corrected chi connectivity index (χ4v) is 5.34. The zero-order valence-electron chi connectivity index (χ0n) is 20.9. The molecule has 6 nitrogen and oxygen atoms in total. The fourth-order valence-electron chi connectivity index (χ4n) is 5.05. The van der Waals surface area contributed by atoms with E-state index in [9.17, 15) is 9.18 Å². The number of urea groups is 1. The number of nitrogens with one attached hydrogen (secondary N) is 1. The molecule has 1 aliphatic rings. The lowest BCUT2D eigenvalue weighted by atomic mass is 10.0. The van der Waals surface area contributed by atoms with Crippen LogP contribution in [0.5, 0.6) is 0 Å². The molecule has 0 bridgehead atoms. The molecule has 1 N–H and O–H groups in total. The lowest BCUT2D eigenvalue weighted by molar-refractivity contribution is 0.194. The van der Waals surface area contributed by atoms with Crippen LogP contribution in [-0.2, 0) is 6.54 Å². The highest BCUT2D eigenvalue weighted by molar-refractivity contribution is 6.33. The molecule has 2 amide bonds. The zero-order valence-corrected chi connectivity index (χ0v) is 21.7. The number of carbonyl (C=O) groups is 1.